The van der Waals surface area contributed by atoms with Gasteiger partial charge in [-0.25, -0.2) is 0 Å². The van der Waals surface area contributed by atoms with Crippen LogP contribution in [-0.2, 0) is 17.3 Å². The molecule has 0 radical (unpaired) electrons. The molecule has 0 saturated heterocycles. The van der Waals surface area contributed by atoms with Gasteiger partial charge in [0, 0.05) is 8.07 Å². The predicted octanol–water partition coefficient (Wildman–Crippen LogP) is 3.00. The maximum atomic E-state index is 4.76. The number of allylic oxidation sites excluding steroid dienone is 1. The van der Waals surface area contributed by atoms with E-state index in [4.69, 9.17) is 9.69 Å². The summed E-state index contributed by atoms with van der Waals surface area (Å²) in [6.45, 7) is 10.5. The van der Waals surface area contributed by atoms with E-state index < -0.39 is 8.07 Å². The van der Waals surface area contributed by atoms with E-state index in [0.717, 1.165) is 23.4 Å². The van der Waals surface area contributed by atoms with Gasteiger partial charge >= 0.3 is 27.0 Å². The maximum absolute atomic E-state index is 4.76. The Morgan fingerprint density at radius 1 is 1.44 bits per heavy atom. The van der Waals surface area contributed by atoms with E-state index >= 15 is 0 Å². The number of halogens is 1. The van der Waals surface area contributed by atoms with Gasteiger partial charge in [0.2, 0.25) is 0 Å². The SMILES string of the molecule is C=[C-]C[Si](C)(C)C.[Cl][Zn+]. The van der Waals surface area contributed by atoms with Gasteiger partial charge in [0.1, 0.15) is 0 Å². The van der Waals surface area contributed by atoms with Gasteiger partial charge in [0.15, 0.2) is 0 Å². The second-order valence-corrected chi connectivity index (χ2v) is 8.46. The molecule has 0 aliphatic rings. The third kappa shape index (κ3) is 17.7. The zero-order valence-corrected chi connectivity index (χ0v) is 11.2. The zero-order valence-electron chi connectivity index (χ0n) is 6.50. The first-order valence-electron chi connectivity index (χ1n) is 2.83. The molecule has 0 aromatic heterocycles. The normalized spacial score (nSPS) is 9.56. The molecule has 0 N–H and O–H groups in total. The molecule has 0 aliphatic heterocycles. The van der Waals surface area contributed by atoms with Crippen LogP contribution in [0.1, 0.15) is 0 Å². The molecule has 0 aromatic rings. The quantitative estimate of drug-likeness (QED) is 0.489. The molecule has 3 heteroatoms. The Kier molecular flexibility index (Phi) is 9.73. The first-order valence-corrected chi connectivity index (χ1v) is 10.4. The van der Waals surface area contributed by atoms with Crippen molar-refractivity contribution in [2.75, 3.05) is 0 Å². The average Bonchev–Trinajstić information content (AvgIpc) is 1.69. The Morgan fingerprint density at radius 3 is 1.78 bits per heavy atom. The van der Waals surface area contributed by atoms with Crippen LogP contribution in [0.3, 0.4) is 0 Å². The van der Waals surface area contributed by atoms with E-state index in [0.29, 0.717) is 0 Å². The topological polar surface area (TPSA) is 0 Å². The summed E-state index contributed by atoms with van der Waals surface area (Å²) < 4.78 is 0. The molecule has 0 spiro atoms. The van der Waals surface area contributed by atoms with Crippen LogP contribution in [0, 0.1) is 6.08 Å². The molecule has 0 rings (SSSR count). The summed E-state index contributed by atoms with van der Waals surface area (Å²) in [6.07, 6.45) is 2.92. The van der Waals surface area contributed by atoms with Crippen molar-refractivity contribution in [2.24, 2.45) is 0 Å². The van der Waals surface area contributed by atoms with E-state index in [-0.39, 0.29) is 0 Å². The molecule has 0 saturated carbocycles. The van der Waals surface area contributed by atoms with Crippen LogP contribution in [0.2, 0.25) is 25.7 Å². The van der Waals surface area contributed by atoms with E-state index in [9.17, 15) is 0 Å². The second kappa shape index (κ2) is 6.98. The molecule has 0 aromatic carbocycles. The Hall–Kier alpha value is 0.870. The Balaban J connectivity index is 0. The van der Waals surface area contributed by atoms with Crippen LogP contribution in [0.15, 0.2) is 6.58 Å². The van der Waals surface area contributed by atoms with E-state index in [1.54, 1.807) is 0 Å². The summed E-state index contributed by atoms with van der Waals surface area (Å²) in [5.74, 6) is 0. The average molecular weight is 214 g/mol. The number of hydrogen-bond acceptors (Lipinski definition) is 0. The van der Waals surface area contributed by atoms with Gasteiger partial charge in [-0.1, -0.05) is 19.6 Å². The fourth-order valence-corrected chi connectivity index (χ4v) is 1.12. The summed E-state index contributed by atoms with van der Waals surface area (Å²) in [5.41, 5.74) is 0. The van der Waals surface area contributed by atoms with Crippen LogP contribution in [0.4, 0.5) is 0 Å². The molecule has 0 heterocycles. The molecular weight excluding hydrogens is 201 g/mol. The van der Waals surface area contributed by atoms with Crippen molar-refractivity contribution in [2.45, 2.75) is 25.7 Å². The van der Waals surface area contributed by atoms with Crippen molar-refractivity contribution in [3.05, 3.63) is 12.7 Å². The third-order valence-electron chi connectivity index (χ3n) is 0.655. The molecule has 0 unspecified atom stereocenters. The molecule has 0 fully saturated rings. The van der Waals surface area contributed by atoms with E-state index in [1.807, 2.05) is 0 Å². The molecule has 0 amide bonds. The first kappa shape index (κ1) is 12.5. The predicted molar refractivity (Wildman–Crippen MR) is 42.9 cm³/mol. The Morgan fingerprint density at radius 2 is 1.78 bits per heavy atom. The van der Waals surface area contributed by atoms with Crippen molar-refractivity contribution in [3.8, 4) is 0 Å². The fourth-order valence-electron chi connectivity index (χ4n) is 0.375. The van der Waals surface area contributed by atoms with Crippen LogP contribution in [0.5, 0.6) is 0 Å². The van der Waals surface area contributed by atoms with E-state index in [1.165, 1.54) is 0 Å². The first-order chi connectivity index (χ1) is 4.06. The minimum absolute atomic E-state index is 0.831. The molecule has 50 valence electrons. The summed E-state index contributed by atoms with van der Waals surface area (Å²) in [6, 6.07) is 1.12. The van der Waals surface area contributed by atoms with Crippen molar-refractivity contribution < 1.29 is 17.3 Å². The second-order valence-electron chi connectivity index (χ2n) is 2.99. The third-order valence-corrected chi connectivity index (χ3v) is 1.97. The zero-order chi connectivity index (χ0) is 7.91. The van der Waals surface area contributed by atoms with Gasteiger partial charge in [-0.15, -0.1) is 0 Å². The van der Waals surface area contributed by atoms with Crippen LogP contribution < -0.4 is 0 Å². The van der Waals surface area contributed by atoms with Crippen LogP contribution >= 0.6 is 9.69 Å². The van der Waals surface area contributed by atoms with Gasteiger partial charge in [0.25, 0.3) is 0 Å². The van der Waals surface area contributed by atoms with Crippen molar-refractivity contribution in [1.82, 2.24) is 0 Å². The molecule has 0 bridgehead atoms. The van der Waals surface area contributed by atoms with Gasteiger partial charge in [-0.05, 0) is 0 Å². The van der Waals surface area contributed by atoms with Gasteiger partial charge in [0.05, 0.1) is 0 Å². The molecule has 0 aliphatic carbocycles. The standard InChI is InChI=1S/C6H13Si.ClH.Zn/c1-5-6-7(2,3)4;;/h1,6H2,2-4H3;1H;/q-1;;+2/p-1. The van der Waals surface area contributed by atoms with Gasteiger partial charge < -0.3 is 6.08 Å². The van der Waals surface area contributed by atoms with Crippen molar-refractivity contribution in [3.63, 3.8) is 0 Å². The summed E-state index contributed by atoms with van der Waals surface area (Å²) in [5, 5.41) is 0. The van der Waals surface area contributed by atoms with E-state index in [2.05, 4.69) is 32.3 Å². The molecule has 0 nitrogen and oxygen atoms in total. The van der Waals surface area contributed by atoms with Gasteiger partial charge in [-0.3, -0.25) is 6.58 Å². The molecule has 9 heavy (non-hydrogen) atoms. The number of rotatable bonds is 2. The summed E-state index contributed by atoms with van der Waals surface area (Å²) in [7, 11) is 3.93. The van der Waals surface area contributed by atoms with Crippen molar-refractivity contribution >= 4 is 17.8 Å². The molecule has 0 atom stereocenters. The van der Waals surface area contributed by atoms with Crippen LogP contribution in [0.25, 0.3) is 0 Å². The Labute approximate surface area is 73.4 Å². The molecular formula is C6H13ClSiZn. The van der Waals surface area contributed by atoms with Crippen molar-refractivity contribution in [1.29, 1.82) is 0 Å². The minimum atomic E-state index is -0.831. The van der Waals surface area contributed by atoms with Crippen LogP contribution in [-0.4, -0.2) is 8.07 Å². The summed E-state index contributed by atoms with van der Waals surface area (Å²) in [4.78, 5) is 0. The monoisotopic (exact) mass is 212 g/mol. The number of hydrogen-bond donors (Lipinski definition) is 0. The van der Waals surface area contributed by atoms with Gasteiger partial charge in [-0.2, -0.15) is 6.04 Å². The fraction of sp³-hybridized carbons (Fsp3) is 0.667. The Bertz CT molecular complexity index is 67.9. The summed E-state index contributed by atoms with van der Waals surface area (Å²) >= 11 is 0.847.